The Morgan fingerprint density at radius 3 is 3.19 bits per heavy atom. The SMILES string of the molecule is CCCCn1cc(C)nc1NC1CCSC1. The lowest BCUT2D eigenvalue weighted by atomic mass is 10.3. The lowest BCUT2D eigenvalue weighted by Gasteiger charge is -2.13. The summed E-state index contributed by atoms with van der Waals surface area (Å²) in [5, 5.41) is 3.57. The fraction of sp³-hybridized carbons (Fsp3) is 0.750. The van der Waals surface area contributed by atoms with Crippen LogP contribution in [0.2, 0.25) is 0 Å². The van der Waals surface area contributed by atoms with Crippen molar-refractivity contribution in [2.75, 3.05) is 16.8 Å². The molecule has 4 heteroatoms. The lowest BCUT2D eigenvalue weighted by molar-refractivity contribution is 0.629. The van der Waals surface area contributed by atoms with E-state index in [1.807, 2.05) is 11.8 Å². The molecule has 0 aliphatic carbocycles. The first-order valence-electron chi connectivity index (χ1n) is 6.17. The van der Waals surface area contributed by atoms with Crippen LogP contribution in [-0.2, 0) is 6.54 Å². The van der Waals surface area contributed by atoms with Gasteiger partial charge in [-0.1, -0.05) is 13.3 Å². The van der Waals surface area contributed by atoms with E-state index >= 15 is 0 Å². The number of aryl methyl sites for hydroxylation is 2. The Labute approximate surface area is 102 Å². The predicted molar refractivity (Wildman–Crippen MR) is 71.2 cm³/mol. The molecule has 0 aromatic carbocycles. The fourth-order valence-electron chi connectivity index (χ4n) is 1.99. The predicted octanol–water partition coefficient (Wildman–Crippen LogP) is 2.91. The van der Waals surface area contributed by atoms with Gasteiger partial charge in [0.15, 0.2) is 0 Å². The molecule has 2 heterocycles. The van der Waals surface area contributed by atoms with Crippen molar-refractivity contribution in [3.05, 3.63) is 11.9 Å². The van der Waals surface area contributed by atoms with E-state index in [0.29, 0.717) is 6.04 Å². The van der Waals surface area contributed by atoms with Gasteiger partial charge in [-0.2, -0.15) is 11.8 Å². The molecule has 1 fully saturated rings. The molecule has 1 aliphatic heterocycles. The fourth-order valence-corrected chi connectivity index (χ4v) is 3.14. The van der Waals surface area contributed by atoms with Crippen molar-refractivity contribution < 1.29 is 0 Å². The molecule has 16 heavy (non-hydrogen) atoms. The van der Waals surface area contributed by atoms with Crippen LogP contribution >= 0.6 is 11.8 Å². The van der Waals surface area contributed by atoms with E-state index in [4.69, 9.17) is 0 Å². The van der Waals surface area contributed by atoms with Crippen LogP contribution in [-0.4, -0.2) is 27.1 Å². The summed E-state index contributed by atoms with van der Waals surface area (Å²) in [7, 11) is 0. The van der Waals surface area contributed by atoms with Gasteiger partial charge in [-0.15, -0.1) is 0 Å². The molecule has 0 bridgehead atoms. The second-order valence-corrected chi connectivity index (χ2v) is 5.61. The van der Waals surface area contributed by atoms with Crippen LogP contribution in [0.5, 0.6) is 0 Å². The molecule has 1 aromatic rings. The van der Waals surface area contributed by atoms with E-state index < -0.39 is 0 Å². The van der Waals surface area contributed by atoms with Crippen LogP contribution in [0.1, 0.15) is 31.9 Å². The molecule has 0 saturated carbocycles. The van der Waals surface area contributed by atoms with Crippen molar-refractivity contribution in [1.82, 2.24) is 9.55 Å². The third-order valence-corrected chi connectivity index (χ3v) is 4.07. The van der Waals surface area contributed by atoms with Crippen molar-refractivity contribution >= 4 is 17.7 Å². The third kappa shape index (κ3) is 2.94. The smallest absolute Gasteiger partial charge is 0.203 e. The maximum atomic E-state index is 4.57. The molecule has 3 nitrogen and oxygen atoms in total. The normalized spacial score (nSPS) is 20.2. The van der Waals surface area contributed by atoms with Gasteiger partial charge in [-0.3, -0.25) is 0 Å². The second kappa shape index (κ2) is 5.62. The number of nitrogens with zero attached hydrogens (tertiary/aromatic N) is 2. The van der Waals surface area contributed by atoms with E-state index in [0.717, 1.165) is 18.2 Å². The Kier molecular flexibility index (Phi) is 4.16. The summed E-state index contributed by atoms with van der Waals surface area (Å²) in [5.41, 5.74) is 1.12. The molecule has 1 aromatic heterocycles. The Balaban J connectivity index is 2.00. The highest BCUT2D eigenvalue weighted by molar-refractivity contribution is 7.99. The highest BCUT2D eigenvalue weighted by atomic mass is 32.2. The Hall–Kier alpha value is -0.640. The zero-order valence-electron chi connectivity index (χ0n) is 10.2. The first-order chi connectivity index (χ1) is 7.79. The first-order valence-corrected chi connectivity index (χ1v) is 7.33. The van der Waals surface area contributed by atoms with Crippen molar-refractivity contribution in [3.63, 3.8) is 0 Å². The average molecular weight is 239 g/mol. The van der Waals surface area contributed by atoms with E-state index in [1.54, 1.807) is 0 Å². The number of hydrogen-bond acceptors (Lipinski definition) is 3. The number of anilines is 1. The number of nitrogens with one attached hydrogen (secondary N) is 1. The lowest BCUT2D eigenvalue weighted by Crippen LogP contribution is -2.21. The molecule has 2 rings (SSSR count). The maximum absolute atomic E-state index is 4.57. The van der Waals surface area contributed by atoms with Crippen molar-refractivity contribution in [3.8, 4) is 0 Å². The average Bonchev–Trinajstić information content (AvgIpc) is 2.86. The summed E-state index contributed by atoms with van der Waals surface area (Å²) in [6.45, 7) is 5.38. The van der Waals surface area contributed by atoms with E-state index in [9.17, 15) is 0 Å². The van der Waals surface area contributed by atoms with Gasteiger partial charge < -0.3 is 9.88 Å². The minimum Gasteiger partial charge on any atom is -0.352 e. The number of hydrogen-bond donors (Lipinski definition) is 1. The van der Waals surface area contributed by atoms with Gasteiger partial charge in [0.1, 0.15) is 0 Å². The van der Waals surface area contributed by atoms with Gasteiger partial charge in [0.05, 0.1) is 5.69 Å². The molecule has 1 aliphatic rings. The zero-order chi connectivity index (χ0) is 11.4. The Bertz CT molecular complexity index is 329. The van der Waals surface area contributed by atoms with Crippen LogP contribution in [0.4, 0.5) is 5.95 Å². The second-order valence-electron chi connectivity index (χ2n) is 4.46. The summed E-state index contributed by atoms with van der Waals surface area (Å²) >= 11 is 2.03. The van der Waals surface area contributed by atoms with Gasteiger partial charge in [0.25, 0.3) is 0 Å². The highest BCUT2D eigenvalue weighted by Crippen LogP contribution is 2.21. The van der Waals surface area contributed by atoms with Crippen LogP contribution in [0.25, 0.3) is 0 Å². The standard InChI is InChI=1S/C12H21N3S/c1-3-4-6-15-8-10(2)13-12(15)14-11-5-7-16-9-11/h8,11H,3-7,9H2,1-2H3,(H,13,14). The maximum Gasteiger partial charge on any atom is 0.203 e. The Morgan fingerprint density at radius 1 is 1.62 bits per heavy atom. The largest absolute Gasteiger partial charge is 0.352 e. The number of aromatic nitrogens is 2. The summed E-state index contributed by atoms with van der Waals surface area (Å²) < 4.78 is 2.27. The van der Waals surface area contributed by atoms with Gasteiger partial charge >= 0.3 is 0 Å². The highest BCUT2D eigenvalue weighted by Gasteiger charge is 2.17. The summed E-state index contributed by atoms with van der Waals surface area (Å²) in [5.74, 6) is 3.57. The zero-order valence-corrected chi connectivity index (χ0v) is 11.0. The van der Waals surface area contributed by atoms with Crippen molar-refractivity contribution in [2.45, 2.75) is 45.7 Å². The monoisotopic (exact) mass is 239 g/mol. The number of thioether (sulfide) groups is 1. The van der Waals surface area contributed by atoms with Crippen LogP contribution in [0, 0.1) is 6.92 Å². The van der Waals surface area contributed by atoms with E-state index in [1.165, 1.54) is 30.8 Å². The van der Waals surface area contributed by atoms with Crippen LogP contribution in [0.15, 0.2) is 6.20 Å². The molecule has 0 amide bonds. The minimum atomic E-state index is 0.618. The summed E-state index contributed by atoms with van der Waals surface area (Å²) in [6, 6.07) is 0.618. The summed E-state index contributed by atoms with van der Waals surface area (Å²) in [4.78, 5) is 4.57. The minimum absolute atomic E-state index is 0.618. The molecule has 1 atom stereocenters. The molecule has 90 valence electrons. The first kappa shape index (κ1) is 11.8. The Morgan fingerprint density at radius 2 is 2.50 bits per heavy atom. The van der Waals surface area contributed by atoms with Crippen LogP contribution in [0.3, 0.4) is 0 Å². The molecule has 1 unspecified atom stereocenters. The summed E-state index contributed by atoms with van der Waals surface area (Å²) in [6.07, 6.45) is 5.88. The number of imidazole rings is 1. The molecule has 1 saturated heterocycles. The molecular formula is C12H21N3S. The number of unbranched alkanes of at least 4 members (excludes halogenated alkanes) is 1. The molecule has 1 N–H and O–H groups in total. The molecular weight excluding hydrogens is 218 g/mol. The van der Waals surface area contributed by atoms with Gasteiger partial charge in [0, 0.05) is 24.5 Å². The quantitative estimate of drug-likeness (QED) is 0.857. The van der Waals surface area contributed by atoms with Crippen molar-refractivity contribution in [1.29, 1.82) is 0 Å². The van der Waals surface area contributed by atoms with Crippen LogP contribution < -0.4 is 5.32 Å². The third-order valence-electron chi connectivity index (χ3n) is 2.91. The van der Waals surface area contributed by atoms with Gasteiger partial charge in [0.2, 0.25) is 5.95 Å². The van der Waals surface area contributed by atoms with Crippen molar-refractivity contribution in [2.24, 2.45) is 0 Å². The van der Waals surface area contributed by atoms with E-state index in [2.05, 4.69) is 34.9 Å². The van der Waals surface area contributed by atoms with Gasteiger partial charge in [-0.25, -0.2) is 4.98 Å². The number of rotatable bonds is 5. The van der Waals surface area contributed by atoms with E-state index in [-0.39, 0.29) is 0 Å². The molecule has 0 spiro atoms. The molecule has 0 radical (unpaired) electrons. The van der Waals surface area contributed by atoms with Gasteiger partial charge in [-0.05, 0) is 25.5 Å². The topological polar surface area (TPSA) is 29.9 Å².